The highest BCUT2D eigenvalue weighted by molar-refractivity contribution is 5.83. The van der Waals surface area contributed by atoms with Crippen LogP contribution in [0.4, 0.5) is 11.6 Å². The van der Waals surface area contributed by atoms with E-state index in [0.29, 0.717) is 11.7 Å². The van der Waals surface area contributed by atoms with Gasteiger partial charge in [-0.2, -0.15) is 5.26 Å². The minimum Gasteiger partial charge on any atom is -0.383 e. The maximum absolute atomic E-state index is 9.10. The molecular formula is C30H28N10. The van der Waals surface area contributed by atoms with E-state index in [4.69, 9.17) is 21.0 Å². The second-order valence-electron chi connectivity index (χ2n) is 10.3. The molecule has 40 heavy (non-hydrogen) atoms. The molecule has 7 rings (SSSR count). The van der Waals surface area contributed by atoms with E-state index in [1.54, 1.807) is 12.4 Å². The third-order valence-electron chi connectivity index (χ3n) is 7.64. The molecule has 1 aromatic carbocycles. The number of nitriles is 1. The summed E-state index contributed by atoms with van der Waals surface area (Å²) in [4.78, 5) is 27.3. The Kier molecular flexibility index (Phi) is 6.06. The Labute approximate surface area is 231 Å². The number of pyridine rings is 2. The van der Waals surface area contributed by atoms with E-state index in [-0.39, 0.29) is 5.82 Å². The number of aromatic nitrogens is 6. The lowest BCUT2D eigenvalue weighted by atomic mass is 10.1. The van der Waals surface area contributed by atoms with Gasteiger partial charge in [-0.15, -0.1) is 0 Å². The lowest BCUT2D eigenvalue weighted by molar-refractivity contribution is 0.249. The molecule has 1 aliphatic heterocycles. The van der Waals surface area contributed by atoms with Crippen molar-refractivity contribution in [3.8, 4) is 23.1 Å². The second kappa shape index (κ2) is 10.0. The molecular weight excluding hydrogens is 500 g/mol. The highest BCUT2D eigenvalue weighted by Crippen LogP contribution is 2.40. The first kappa shape index (κ1) is 24.2. The number of benzene rings is 1. The van der Waals surface area contributed by atoms with E-state index in [1.165, 1.54) is 18.4 Å². The van der Waals surface area contributed by atoms with Gasteiger partial charge >= 0.3 is 0 Å². The number of fused-ring (bicyclic) bond motifs is 1. The zero-order valence-corrected chi connectivity index (χ0v) is 22.0. The molecule has 0 atom stereocenters. The van der Waals surface area contributed by atoms with Crippen LogP contribution in [0.1, 0.15) is 35.8 Å². The average molecular weight is 529 g/mol. The van der Waals surface area contributed by atoms with Crippen molar-refractivity contribution < 1.29 is 0 Å². The quantitative estimate of drug-likeness (QED) is 0.349. The third-order valence-corrected chi connectivity index (χ3v) is 7.64. The molecule has 1 aliphatic carbocycles. The molecule has 0 radical (unpaired) electrons. The number of piperazine rings is 1. The molecule has 4 aromatic heterocycles. The number of hydrogen-bond donors (Lipinski definition) is 1. The van der Waals surface area contributed by atoms with Crippen LogP contribution in [0.3, 0.4) is 0 Å². The van der Waals surface area contributed by atoms with Gasteiger partial charge in [0.05, 0.1) is 5.56 Å². The summed E-state index contributed by atoms with van der Waals surface area (Å²) >= 11 is 0. The number of anilines is 2. The molecule has 0 unspecified atom stereocenters. The monoisotopic (exact) mass is 528 g/mol. The fourth-order valence-corrected chi connectivity index (χ4v) is 5.33. The minimum absolute atomic E-state index is 0.207. The number of nitrogens with zero attached hydrogens (tertiary/aromatic N) is 9. The standard InChI is InChI=1S/C30H28N10/c31-18-26-33-13-11-27(37-26)39-16-14-38(15-17-39)19-20-3-7-22(8-4-20)40-29(23-2-1-12-34-28(23)32)36-25-10-9-24(21-5-6-21)35-30(25)40/h1-4,7-13,21H,5-6,14-17,19H2,(H2,32,34). The van der Waals surface area contributed by atoms with E-state index >= 15 is 0 Å². The van der Waals surface area contributed by atoms with E-state index in [1.807, 2.05) is 24.3 Å². The lowest BCUT2D eigenvalue weighted by Crippen LogP contribution is -2.46. The van der Waals surface area contributed by atoms with E-state index in [0.717, 1.165) is 72.5 Å². The Balaban J connectivity index is 1.13. The molecule has 5 aromatic rings. The van der Waals surface area contributed by atoms with Crippen LogP contribution in [0, 0.1) is 11.3 Å². The molecule has 2 fully saturated rings. The molecule has 1 saturated carbocycles. The fraction of sp³-hybridized carbons (Fsp3) is 0.267. The van der Waals surface area contributed by atoms with Gasteiger partial charge in [0.1, 0.15) is 23.2 Å². The van der Waals surface area contributed by atoms with Crippen molar-refractivity contribution in [2.24, 2.45) is 0 Å². The van der Waals surface area contributed by atoms with Gasteiger partial charge in [-0.05, 0) is 60.9 Å². The highest BCUT2D eigenvalue weighted by atomic mass is 15.3. The fourth-order valence-electron chi connectivity index (χ4n) is 5.33. The van der Waals surface area contributed by atoms with Gasteiger partial charge in [-0.25, -0.2) is 24.9 Å². The molecule has 0 amide bonds. The maximum Gasteiger partial charge on any atom is 0.234 e. The smallest absolute Gasteiger partial charge is 0.234 e. The Morgan fingerprint density at radius 1 is 0.875 bits per heavy atom. The van der Waals surface area contributed by atoms with Gasteiger partial charge in [0.2, 0.25) is 5.82 Å². The van der Waals surface area contributed by atoms with Crippen LogP contribution in [0.2, 0.25) is 0 Å². The molecule has 2 aliphatic rings. The molecule has 0 bridgehead atoms. The molecule has 10 nitrogen and oxygen atoms in total. The van der Waals surface area contributed by atoms with Gasteiger partial charge in [-0.3, -0.25) is 9.47 Å². The van der Waals surface area contributed by atoms with Crippen molar-refractivity contribution >= 4 is 22.8 Å². The molecule has 5 heterocycles. The first-order chi connectivity index (χ1) is 19.7. The van der Waals surface area contributed by atoms with Crippen LogP contribution >= 0.6 is 0 Å². The van der Waals surface area contributed by atoms with Crippen LogP contribution in [0.15, 0.2) is 67.0 Å². The van der Waals surface area contributed by atoms with E-state index in [9.17, 15) is 0 Å². The second-order valence-corrected chi connectivity index (χ2v) is 10.3. The van der Waals surface area contributed by atoms with Gasteiger partial charge < -0.3 is 10.6 Å². The van der Waals surface area contributed by atoms with Crippen LogP contribution < -0.4 is 10.6 Å². The SMILES string of the molecule is N#Cc1nccc(N2CCN(Cc3ccc(-n4c(-c5cccnc5N)nc5ccc(C6CC6)nc54)cc3)CC2)n1. The first-order valence-corrected chi connectivity index (χ1v) is 13.6. The molecule has 198 valence electrons. The summed E-state index contributed by atoms with van der Waals surface area (Å²) in [5, 5.41) is 9.10. The third kappa shape index (κ3) is 4.61. The summed E-state index contributed by atoms with van der Waals surface area (Å²) in [7, 11) is 0. The Morgan fingerprint density at radius 3 is 2.45 bits per heavy atom. The van der Waals surface area contributed by atoms with E-state index in [2.05, 4.69) is 65.7 Å². The first-order valence-electron chi connectivity index (χ1n) is 13.6. The predicted octanol–water partition coefficient (Wildman–Crippen LogP) is 3.93. The van der Waals surface area contributed by atoms with Crippen molar-refractivity contribution in [2.45, 2.75) is 25.3 Å². The number of nitrogen functional groups attached to an aromatic ring is 1. The number of imidazole rings is 1. The topological polar surface area (TPSA) is 126 Å². The lowest BCUT2D eigenvalue weighted by Gasteiger charge is -2.35. The summed E-state index contributed by atoms with van der Waals surface area (Å²) in [5.41, 5.74) is 12.1. The van der Waals surface area contributed by atoms with Gasteiger partial charge in [-0.1, -0.05) is 12.1 Å². The van der Waals surface area contributed by atoms with Gasteiger partial charge in [0, 0.05) is 62.4 Å². The van der Waals surface area contributed by atoms with Crippen molar-refractivity contribution in [3.63, 3.8) is 0 Å². The molecule has 2 N–H and O–H groups in total. The summed E-state index contributed by atoms with van der Waals surface area (Å²) in [6.07, 6.45) is 5.73. The predicted molar refractivity (Wildman–Crippen MR) is 153 cm³/mol. The van der Waals surface area contributed by atoms with Crippen molar-refractivity contribution in [2.75, 3.05) is 36.8 Å². The zero-order chi connectivity index (χ0) is 27.1. The number of nitrogens with two attached hydrogens (primary N) is 1. The highest BCUT2D eigenvalue weighted by Gasteiger charge is 2.27. The summed E-state index contributed by atoms with van der Waals surface area (Å²) in [5.74, 6) is 2.76. The number of hydrogen-bond acceptors (Lipinski definition) is 9. The molecule has 10 heteroatoms. The maximum atomic E-state index is 9.10. The Bertz CT molecular complexity index is 1720. The number of rotatable bonds is 6. The van der Waals surface area contributed by atoms with Gasteiger partial charge in [0.25, 0.3) is 0 Å². The van der Waals surface area contributed by atoms with Gasteiger partial charge in [0.15, 0.2) is 11.5 Å². The van der Waals surface area contributed by atoms with Crippen molar-refractivity contribution in [1.82, 2.24) is 34.4 Å². The van der Waals surface area contributed by atoms with E-state index < -0.39 is 0 Å². The zero-order valence-electron chi connectivity index (χ0n) is 22.0. The van der Waals surface area contributed by atoms with Crippen molar-refractivity contribution in [1.29, 1.82) is 5.26 Å². The van der Waals surface area contributed by atoms with Crippen LogP contribution in [0.5, 0.6) is 0 Å². The summed E-state index contributed by atoms with van der Waals surface area (Å²) in [6.45, 7) is 4.40. The van der Waals surface area contributed by atoms with Crippen LogP contribution in [-0.2, 0) is 6.54 Å². The summed E-state index contributed by atoms with van der Waals surface area (Å²) in [6, 6.07) is 20.5. The molecule has 0 spiro atoms. The Morgan fingerprint density at radius 2 is 1.70 bits per heavy atom. The van der Waals surface area contributed by atoms with Crippen LogP contribution in [-0.4, -0.2) is 60.6 Å². The largest absolute Gasteiger partial charge is 0.383 e. The Hall–Kier alpha value is -4.88. The molecule has 1 saturated heterocycles. The minimum atomic E-state index is 0.207. The summed E-state index contributed by atoms with van der Waals surface area (Å²) < 4.78 is 2.11. The normalized spacial score (nSPS) is 15.8. The van der Waals surface area contributed by atoms with Crippen molar-refractivity contribution in [3.05, 3.63) is 84.1 Å². The van der Waals surface area contributed by atoms with Crippen LogP contribution in [0.25, 0.3) is 28.2 Å². The average Bonchev–Trinajstić information content (AvgIpc) is 3.79.